The number of nitrogens with zero attached hydrogens (tertiary/aromatic N) is 1. The van der Waals surface area contributed by atoms with Gasteiger partial charge >= 0.3 is 12.1 Å². The smallest absolute Gasteiger partial charge is 0.428 e. The molecule has 2 aromatic carbocycles. The zero-order valence-corrected chi connectivity index (χ0v) is 16.0. The van der Waals surface area contributed by atoms with Gasteiger partial charge in [-0.25, -0.2) is 4.79 Å². The van der Waals surface area contributed by atoms with Crippen molar-refractivity contribution in [3.05, 3.63) is 59.1 Å². The maximum atomic E-state index is 13.3. The third-order valence-corrected chi connectivity index (χ3v) is 3.95. The first-order valence-corrected chi connectivity index (χ1v) is 8.61. The molecule has 1 N–H and O–H groups in total. The van der Waals surface area contributed by atoms with Crippen LogP contribution < -0.4 is 10.1 Å². The molecule has 0 heterocycles. The molecule has 0 aliphatic carbocycles. The number of alkyl halides is 4. The lowest BCUT2D eigenvalue weighted by Crippen LogP contribution is -2.32. The molecule has 0 aliphatic rings. The molecule has 0 saturated heterocycles. The molecule has 0 radical (unpaired) electrons. The van der Waals surface area contributed by atoms with Crippen LogP contribution in [0.1, 0.15) is 5.56 Å². The van der Waals surface area contributed by atoms with E-state index in [4.69, 9.17) is 39.5 Å². The monoisotopic (exact) mass is 436 g/mol. The van der Waals surface area contributed by atoms with Crippen LogP contribution in [0.25, 0.3) is 0 Å². The number of carbonyl (C=O) groups is 1. The van der Waals surface area contributed by atoms with Crippen LogP contribution in [0.15, 0.2) is 53.5 Å². The summed E-state index contributed by atoms with van der Waals surface area (Å²) in [4.78, 5) is 13.8. The fourth-order valence-corrected chi connectivity index (χ4v) is 2.21. The van der Waals surface area contributed by atoms with Gasteiger partial charge in [0.05, 0.1) is 17.7 Å². The number of hydrogen-bond acceptors (Lipinski definition) is 3. The number of benzene rings is 2. The van der Waals surface area contributed by atoms with Crippen LogP contribution in [-0.4, -0.2) is 30.0 Å². The Morgan fingerprint density at radius 3 is 2.33 bits per heavy atom. The lowest BCUT2D eigenvalue weighted by atomic mass is 10.2. The molecule has 5 nitrogen and oxygen atoms in total. The molecule has 2 rings (SSSR count). The van der Waals surface area contributed by atoms with Gasteiger partial charge in [-0.2, -0.15) is 13.8 Å². The summed E-state index contributed by atoms with van der Waals surface area (Å²) in [6, 6.07) is 11.1. The largest absolute Gasteiger partial charge is 0.480 e. The van der Waals surface area contributed by atoms with Gasteiger partial charge < -0.3 is 14.8 Å². The predicted octanol–water partition coefficient (Wildman–Crippen LogP) is 5.74. The van der Waals surface area contributed by atoms with E-state index in [9.17, 15) is 13.6 Å². The second kappa shape index (κ2) is 9.21. The number of halogens is 5. The van der Waals surface area contributed by atoms with Crippen molar-refractivity contribution in [3.8, 4) is 5.75 Å². The van der Waals surface area contributed by atoms with Crippen molar-refractivity contribution in [1.29, 1.82) is 0 Å². The molecule has 2 aromatic rings. The standard InChI is InChI=1S/C17H13Cl3F2N2O3/c1-26-14(12-4-2-3-5-13(12)18)24-16(25)23-10-6-8-11(9-7-10)27-17(21,22)15(19)20/h2-9,15H,1H3,(H,23,25). The second-order valence-electron chi connectivity index (χ2n) is 5.02. The SMILES string of the molecule is COC(=NC(=O)Nc1ccc(OC(F)(F)C(Cl)Cl)cc1)c1ccccc1Cl. The molecule has 0 spiro atoms. The van der Waals surface area contributed by atoms with Crippen LogP contribution in [0.4, 0.5) is 19.3 Å². The van der Waals surface area contributed by atoms with E-state index in [0.717, 1.165) is 0 Å². The first-order chi connectivity index (χ1) is 12.7. The number of ether oxygens (including phenoxy) is 2. The first kappa shape index (κ1) is 21.2. The lowest BCUT2D eigenvalue weighted by Gasteiger charge is -2.18. The molecule has 0 fully saturated rings. The van der Waals surface area contributed by atoms with E-state index in [1.54, 1.807) is 24.3 Å². The maximum Gasteiger partial charge on any atom is 0.428 e. The van der Waals surface area contributed by atoms with Gasteiger partial charge in [0.25, 0.3) is 0 Å². The summed E-state index contributed by atoms with van der Waals surface area (Å²) in [6.07, 6.45) is -3.75. The van der Waals surface area contributed by atoms with Crippen LogP contribution in [0, 0.1) is 0 Å². The Kier molecular flexibility index (Phi) is 7.24. The molecule has 27 heavy (non-hydrogen) atoms. The lowest BCUT2D eigenvalue weighted by molar-refractivity contribution is -0.163. The molecule has 0 unspecified atom stereocenters. The Hall–Kier alpha value is -2.09. The van der Waals surface area contributed by atoms with Crippen LogP contribution in [0.5, 0.6) is 5.75 Å². The fraction of sp³-hybridized carbons (Fsp3) is 0.176. The highest BCUT2D eigenvalue weighted by Crippen LogP contribution is 2.30. The van der Waals surface area contributed by atoms with Crippen molar-refractivity contribution < 1.29 is 23.0 Å². The number of aliphatic imine (C=N–C) groups is 1. The number of hydrogen-bond donors (Lipinski definition) is 1. The second-order valence-corrected chi connectivity index (χ2v) is 6.52. The number of urea groups is 1. The van der Waals surface area contributed by atoms with E-state index in [0.29, 0.717) is 16.3 Å². The van der Waals surface area contributed by atoms with E-state index in [-0.39, 0.29) is 11.6 Å². The van der Waals surface area contributed by atoms with Gasteiger partial charge in [0, 0.05) is 5.69 Å². The number of rotatable bonds is 5. The Morgan fingerprint density at radius 1 is 1.15 bits per heavy atom. The van der Waals surface area contributed by atoms with Gasteiger partial charge in [-0.3, -0.25) is 0 Å². The van der Waals surface area contributed by atoms with Crippen LogP contribution >= 0.6 is 34.8 Å². The molecule has 10 heteroatoms. The number of carbonyl (C=O) groups excluding carboxylic acids is 1. The van der Waals surface area contributed by atoms with Gasteiger partial charge in [0.15, 0.2) is 0 Å². The van der Waals surface area contributed by atoms with Crippen LogP contribution in [0.3, 0.4) is 0 Å². The van der Waals surface area contributed by atoms with Crippen molar-refractivity contribution in [2.45, 2.75) is 10.9 Å². The highest BCUT2D eigenvalue weighted by molar-refractivity contribution is 6.44. The van der Waals surface area contributed by atoms with Crippen LogP contribution in [0.2, 0.25) is 5.02 Å². The van der Waals surface area contributed by atoms with Crippen molar-refractivity contribution in [2.75, 3.05) is 12.4 Å². The third-order valence-electron chi connectivity index (χ3n) is 3.11. The molecule has 0 saturated carbocycles. The molecule has 144 valence electrons. The first-order valence-electron chi connectivity index (χ1n) is 7.36. The quantitative estimate of drug-likeness (QED) is 0.368. The summed E-state index contributed by atoms with van der Waals surface area (Å²) in [6.45, 7) is 0. The molecule has 2 amide bonds. The number of methoxy groups -OCH3 is 1. The predicted molar refractivity (Wildman–Crippen MR) is 102 cm³/mol. The third kappa shape index (κ3) is 5.95. The molecule has 0 aromatic heterocycles. The minimum Gasteiger partial charge on any atom is -0.480 e. The van der Waals surface area contributed by atoms with Crippen LogP contribution in [-0.2, 0) is 4.74 Å². The molecule has 0 bridgehead atoms. The Morgan fingerprint density at radius 2 is 1.78 bits per heavy atom. The van der Waals surface area contributed by atoms with Gasteiger partial charge in [-0.15, -0.1) is 0 Å². The van der Waals surface area contributed by atoms with Gasteiger partial charge in [0.1, 0.15) is 5.75 Å². The van der Waals surface area contributed by atoms with Crippen molar-refractivity contribution in [1.82, 2.24) is 0 Å². The summed E-state index contributed by atoms with van der Waals surface area (Å²) in [5.74, 6) is -0.158. The average Bonchev–Trinajstić information content (AvgIpc) is 2.61. The Bertz CT molecular complexity index is 830. The van der Waals surface area contributed by atoms with Crippen molar-refractivity contribution >= 4 is 52.4 Å². The summed E-state index contributed by atoms with van der Waals surface area (Å²) < 4.78 is 36.1. The van der Waals surface area contributed by atoms with Crippen molar-refractivity contribution in [2.24, 2.45) is 4.99 Å². The minimum atomic E-state index is -3.75. The molecule has 0 aliphatic heterocycles. The number of anilines is 1. The normalized spacial score (nSPS) is 12.0. The fourth-order valence-electron chi connectivity index (χ4n) is 1.90. The molecule has 0 atom stereocenters. The van der Waals surface area contributed by atoms with Gasteiger partial charge in [-0.05, 0) is 36.4 Å². The highest BCUT2D eigenvalue weighted by atomic mass is 35.5. The minimum absolute atomic E-state index is 0.0213. The summed E-state index contributed by atoms with van der Waals surface area (Å²) >= 11 is 16.3. The summed E-state index contributed by atoms with van der Waals surface area (Å²) in [5, 5.41) is 2.83. The molecular weight excluding hydrogens is 425 g/mol. The number of amides is 2. The van der Waals surface area contributed by atoms with Gasteiger partial charge in [0.2, 0.25) is 10.7 Å². The molecular formula is C17H13Cl3F2N2O3. The summed E-state index contributed by atoms with van der Waals surface area (Å²) in [7, 11) is 1.35. The van der Waals surface area contributed by atoms with E-state index in [1.807, 2.05) is 0 Å². The zero-order chi connectivity index (χ0) is 20.0. The zero-order valence-electron chi connectivity index (χ0n) is 13.8. The average molecular weight is 438 g/mol. The Labute approximate surface area is 168 Å². The van der Waals surface area contributed by atoms with Crippen molar-refractivity contribution in [3.63, 3.8) is 0 Å². The van der Waals surface area contributed by atoms with E-state index < -0.39 is 17.0 Å². The maximum absolute atomic E-state index is 13.3. The van der Waals surface area contributed by atoms with E-state index >= 15 is 0 Å². The number of nitrogens with one attached hydrogen (secondary N) is 1. The Balaban J connectivity index is 2.08. The summed E-state index contributed by atoms with van der Waals surface area (Å²) in [5.41, 5.74) is 0.738. The highest BCUT2D eigenvalue weighted by Gasteiger charge is 2.40. The van der Waals surface area contributed by atoms with Gasteiger partial charge in [-0.1, -0.05) is 46.9 Å². The topological polar surface area (TPSA) is 59.9 Å². The van der Waals surface area contributed by atoms with E-state index in [1.165, 1.54) is 31.4 Å². The van der Waals surface area contributed by atoms with E-state index in [2.05, 4.69) is 15.0 Å².